The SMILES string of the molecule is COc1ccc2c(OCCn3cc(C4C=CCCO4)ccc3=O)ccnc2c1. The monoisotopic (exact) mass is 378 g/mol. The van der Waals surface area contributed by atoms with Crippen LogP contribution < -0.4 is 15.0 Å². The highest BCUT2D eigenvalue weighted by Gasteiger charge is 2.12. The Morgan fingerprint density at radius 2 is 2.18 bits per heavy atom. The van der Waals surface area contributed by atoms with Gasteiger partial charge in [0, 0.05) is 35.5 Å². The molecule has 6 nitrogen and oxygen atoms in total. The molecule has 3 heterocycles. The first-order valence-electron chi connectivity index (χ1n) is 9.29. The second-order valence-corrected chi connectivity index (χ2v) is 6.54. The Bertz CT molecular complexity index is 1060. The highest BCUT2D eigenvalue weighted by Crippen LogP contribution is 2.27. The first kappa shape index (κ1) is 18.3. The van der Waals surface area contributed by atoms with Gasteiger partial charge >= 0.3 is 0 Å². The van der Waals surface area contributed by atoms with Crippen molar-refractivity contribution in [3.05, 3.63) is 76.9 Å². The van der Waals surface area contributed by atoms with Crippen molar-refractivity contribution in [2.24, 2.45) is 0 Å². The predicted molar refractivity (Wildman–Crippen MR) is 107 cm³/mol. The zero-order valence-electron chi connectivity index (χ0n) is 15.7. The van der Waals surface area contributed by atoms with Crippen molar-refractivity contribution in [2.45, 2.75) is 19.1 Å². The van der Waals surface area contributed by atoms with Crippen LogP contribution in [0.5, 0.6) is 11.5 Å². The fourth-order valence-corrected chi connectivity index (χ4v) is 3.25. The molecule has 3 aromatic rings. The molecular weight excluding hydrogens is 356 g/mol. The number of benzene rings is 1. The van der Waals surface area contributed by atoms with E-state index < -0.39 is 0 Å². The molecule has 28 heavy (non-hydrogen) atoms. The van der Waals surface area contributed by atoms with Crippen molar-refractivity contribution in [3.8, 4) is 11.5 Å². The van der Waals surface area contributed by atoms with Crippen LogP contribution in [0.1, 0.15) is 18.1 Å². The minimum atomic E-state index is -0.0966. The van der Waals surface area contributed by atoms with E-state index in [2.05, 4.69) is 11.1 Å². The third kappa shape index (κ3) is 3.92. The first-order valence-corrected chi connectivity index (χ1v) is 9.29. The Kier molecular flexibility index (Phi) is 5.39. The fourth-order valence-electron chi connectivity index (χ4n) is 3.25. The molecule has 0 N–H and O–H groups in total. The van der Waals surface area contributed by atoms with Crippen LogP contribution in [0.2, 0.25) is 0 Å². The van der Waals surface area contributed by atoms with Crippen LogP contribution in [-0.2, 0) is 11.3 Å². The largest absolute Gasteiger partial charge is 0.497 e. The van der Waals surface area contributed by atoms with E-state index in [1.165, 1.54) is 0 Å². The van der Waals surface area contributed by atoms with E-state index in [1.807, 2.05) is 42.6 Å². The van der Waals surface area contributed by atoms with E-state index in [0.29, 0.717) is 19.8 Å². The molecule has 1 aliphatic heterocycles. The summed E-state index contributed by atoms with van der Waals surface area (Å²) in [5, 5.41) is 0.908. The lowest BCUT2D eigenvalue weighted by molar-refractivity contribution is 0.0795. The topological polar surface area (TPSA) is 62.6 Å². The summed E-state index contributed by atoms with van der Waals surface area (Å²) >= 11 is 0. The van der Waals surface area contributed by atoms with E-state index in [-0.39, 0.29) is 11.7 Å². The third-order valence-electron chi connectivity index (χ3n) is 4.73. The number of ether oxygens (including phenoxy) is 3. The Morgan fingerprint density at radius 1 is 1.25 bits per heavy atom. The van der Waals surface area contributed by atoms with Crippen LogP contribution in [0.15, 0.2) is 65.7 Å². The number of nitrogens with zero attached hydrogens (tertiary/aromatic N) is 2. The number of rotatable bonds is 6. The highest BCUT2D eigenvalue weighted by molar-refractivity contribution is 5.85. The molecule has 4 rings (SSSR count). The molecule has 1 unspecified atom stereocenters. The summed E-state index contributed by atoms with van der Waals surface area (Å²) in [5.74, 6) is 1.48. The lowest BCUT2D eigenvalue weighted by Crippen LogP contribution is -2.23. The summed E-state index contributed by atoms with van der Waals surface area (Å²) in [7, 11) is 1.63. The molecule has 0 bridgehead atoms. The predicted octanol–water partition coefficient (Wildman–Crippen LogP) is 3.50. The van der Waals surface area contributed by atoms with Crippen LogP contribution in [0.25, 0.3) is 10.9 Å². The smallest absolute Gasteiger partial charge is 0.250 e. The van der Waals surface area contributed by atoms with Gasteiger partial charge in [0.1, 0.15) is 24.2 Å². The van der Waals surface area contributed by atoms with Crippen LogP contribution in [0, 0.1) is 0 Å². The fraction of sp³-hybridized carbons (Fsp3) is 0.273. The average Bonchev–Trinajstić information content (AvgIpc) is 2.75. The van der Waals surface area contributed by atoms with Gasteiger partial charge in [0.2, 0.25) is 0 Å². The second kappa shape index (κ2) is 8.27. The molecule has 1 aromatic carbocycles. The van der Waals surface area contributed by atoms with Crippen LogP contribution in [0.3, 0.4) is 0 Å². The minimum Gasteiger partial charge on any atom is -0.497 e. The average molecular weight is 378 g/mol. The third-order valence-corrected chi connectivity index (χ3v) is 4.73. The molecule has 1 atom stereocenters. The molecule has 0 saturated heterocycles. The van der Waals surface area contributed by atoms with Crippen LogP contribution >= 0.6 is 0 Å². The summed E-state index contributed by atoms with van der Waals surface area (Å²) in [6.45, 7) is 1.52. The van der Waals surface area contributed by atoms with Gasteiger partial charge in [-0.2, -0.15) is 0 Å². The van der Waals surface area contributed by atoms with Gasteiger partial charge in [0.25, 0.3) is 5.56 Å². The number of methoxy groups -OCH3 is 1. The molecule has 0 aliphatic carbocycles. The molecule has 144 valence electrons. The number of hydrogen-bond acceptors (Lipinski definition) is 5. The van der Waals surface area contributed by atoms with Gasteiger partial charge in [-0.3, -0.25) is 9.78 Å². The minimum absolute atomic E-state index is 0.0588. The number of fused-ring (bicyclic) bond motifs is 1. The number of pyridine rings is 2. The number of aromatic nitrogens is 2. The van der Waals surface area contributed by atoms with Gasteiger partial charge in [0.15, 0.2) is 0 Å². The van der Waals surface area contributed by atoms with Crippen LogP contribution in [-0.4, -0.2) is 29.9 Å². The van der Waals surface area contributed by atoms with E-state index in [4.69, 9.17) is 14.2 Å². The molecule has 2 aromatic heterocycles. The van der Waals surface area contributed by atoms with E-state index in [9.17, 15) is 4.79 Å². The zero-order valence-corrected chi connectivity index (χ0v) is 15.7. The zero-order chi connectivity index (χ0) is 19.3. The Labute approximate surface area is 163 Å². The van der Waals surface area contributed by atoms with Crippen LogP contribution in [0.4, 0.5) is 0 Å². The van der Waals surface area contributed by atoms with Gasteiger partial charge < -0.3 is 18.8 Å². The van der Waals surface area contributed by atoms with Gasteiger partial charge in [-0.1, -0.05) is 12.2 Å². The molecular formula is C22H22N2O4. The Hall–Kier alpha value is -3.12. The maximum Gasteiger partial charge on any atom is 0.250 e. The molecule has 0 fully saturated rings. The molecule has 6 heteroatoms. The van der Waals surface area contributed by atoms with E-state index in [1.54, 1.807) is 23.9 Å². The molecule has 0 spiro atoms. The normalized spacial score (nSPS) is 16.2. The van der Waals surface area contributed by atoms with Crippen molar-refractivity contribution in [2.75, 3.05) is 20.3 Å². The lowest BCUT2D eigenvalue weighted by atomic mass is 10.1. The van der Waals surface area contributed by atoms with Gasteiger partial charge in [-0.15, -0.1) is 0 Å². The van der Waals surface area contributed by atoms with E-state index >= 15 is 0 Å². The van der Waals surface area contributed by atoms with Crippen molar-refractivity contribution >= 4 is 10.9 Å². The van der Waals surface area contributed by atoms with Gasteiger partial charge in [-0.25, -0.2) is 0 Å². The summed E-state index contributed by atoms with van der Waals surface area (Å²) in [6, 6.07) is 10.9. The summed E-state index contributed by atoms with van der Waals surface area (Å²) in [4.78, 5) is 16.6. The summed E-state index contributed by atoms with van der Waals surface area (Å²) < 4.78 is 18.6. The Morgan fingerprint density at radius 3 is 3.00 bits per heavy atom. The second-order valence-electron chi connectivity index (χ2n) is 6.54. The summed E-state index contributed by atoms with van der Waals surface area (Å²) in [6.07, 6.45) is 8.52. The molecule has 0 saturated carbocycles. The van der Waals surface area contributed by atoms with E-state index in [0.717, 1.165) is 34.4 Å². The van der Waals surface area contributed by atoms with Crippen molar-refractivity contribution in [1.82, 2.24) is 9.55 Å². The number of hydrogen-bond donors (Lipinski definition) is 0. The van der Waals surface area contributed by atoms with Crippen molar-refractivity contribution in [1.29, 1.82) is 0 Å². The highest BCUT2D eigenvalue weighted by atomic mass is 16.5. The molecule has 1 aliphatic rings. The summed E-state index contributed by atoms with van der Waals surface area (Å²) in [5.41, 5.74) is 1.71. The molecule has 0 radical (unpaired) electrons. The maximum atomic E-state index is 12.2. The standard InChI is InChI=1S/C22H22N2O4/c1-26-17-6-7-18-19(14-17)23-10-9-21(18)28-13-11-24-15-16(5-8-22(24)25)20-4-2-3-12-27-20/h2,4-10,14-15,20H,3,11-13H2,1H3. The van der Waals surface area contributed by atoms with Crippen molar-refractivity contribution in [3.63, 3.8) is 0 Å². The molecule has 0 amide bonds. The van der Waals surface area contributed by atoms with Crippen molar-refractivity contribution < 1.29 is 14.2 Å². The first-order chi connectivity index (χ1) is 13.7. The lowest BCUT2D eigenvalue weighted by Gasteiger charge is -2.19. The van der Waals surface area contributed by atoms with Gasteiger partial charge in [-0.05, 0) is 30.7 Å². The maximum absolute atomic E-state index is 12.2. The Balaban J connectivity index is 1.48. The van der Waals surface area contributed by atoms with Gasteiger partial charge in [0.05, 0.1) is 25.8 Å². The quantitative estimate of drug-likeness (QED) is 0.615.